The minimum absolute atomic E-state index is 0.0366. The Kier molecular flexibility index (Phi) is 4.89. The summed E-state index contributed by atoms with van der Waals surface area (Å²) in [5, 5.41) is 0. The van der Waals surface area contributed by atoms with Crippen molar-refractivity contribution in [1.82, 2.24) is 4.90 Å². The Morgan fingerprint density at radius 3 is 2.66 bits per heavy atom. The molecule has 2 aliphatic carbocycles. The van der Waals surface area contributed by atoms with Gasteiger partial charge in [0.2, 0.25) is 0 Å². The molecule has 5 nitrogen and oxygen atoms in total. The smallest absolute Gasteiger partial charge is 0.310 e. The van der Waals surface area contributed by atoms with Crippen molar-refractivity contribution in [2.75, 3.05) is 44.2 Å². The maximum atomic E-state index is 13.0. The second-order valence-electron chi connectivity index (χ2n) is 11.7. The number of piperazine rings is 1. The number of carbonyl (C=O) groups excluding carboxylic acids is 1. The largest absolute Gasteiger partial charge is 0.462 e. The van der Waals surface area contributed by atoms with Crippen molar-refractivity contribution in [1.29, 1.82) is 0 Å². The van der Waals surface area contributed by atoms with Gasteiger partial charge >= 0.3 is 5.97 Å². The van der Waals surface area contributed by atoms with Gasteiger partial charge in [-0.2, -0.15) is 0 Å². The van der Waals surface area contributed by atoms with Crippen LogP contribution in [0.4, 0.5) is 5.69 Å². The molecule has 1 spiro atoms. The fourth-order valence-electron chi connectivity index (χ4n) is 7.68. The lowest BCUT2D eigenvalue weighted by Gasteiger charge is -2.51. The molecule has 0 N–H and O–H groups in total. The number of anilines is 1. The second-order valence-corrected chi connectivity index (χ2v) is 11.7. The van der Waals surface area contributed by atoms with Crippen molar-refractivity contribution in [3.05, 3.63) is 29.3 Å². The molecule has 1 aromatic rings. The van der Waals surface area contributed by atoms with Crippen molar-refractivity contribution in [2.45, 2.75) is 64.6 Å². The highest BCUT2D eigenvalue weighted by Gasteiger charge is 2.65. The maximum absolute atomic E-state index is 13.0. The van der Waals surface area contributed by atoms with E-state index in [1.807, 2.05) is 0 Å². The predicted molar refractivity (Wildman–Crippen MR) is 125 cm³/mol. The summed E-state index contributed by atoms with van der Waals surface area (Å²) in [6.45, 7) is 12.7. The van der Waals surface area contributed by atoms with Crippen molar-refractivity contribution < 1.29 is 14.3 Å². The van der Waals surface area contributed by atoms with Crippen LogP contribution in [0.25, 0.3) is 0 Å². The molecule has 0 amide bonds. The SMILES string of the molecule is Cc1ccc(C)c(N2CCN(CC3C(=O)O[C@@H]4C[C@@]5(C)CCCC6(CO6)[C@@H]5C[C@H]34)CC2)c1. The minimum Gasteiger partial charge on any atom is -0.462 e. The van der Waals surface area contributed by atoms with Gasteiger partial charge in [-0.15, -0.1) is 0 Å². The van der Waals surface area contributed by atoms with Gasteiger partial charge in [0.15, 0.2) is 0 Å². The summed E-state index contributed by atoms with van der Waals surface area (Å²) in [4.78, 5) is 18.0. The quantitative estimate of drug-likeness (QED) is 0.528. The zero-order valence-electron chi connectivity index (χ0n) is 19.9. The standard InChI is InChI=1S/C27H38N2O3/c1-18-5-6-19(2)22(13-18)29-11-9-28(10-12-29)16-21-20-14-24-26(3,15-23(20)32-25(21)30)7-4-8-27(24)17-31-27/h5-6,13,20-21,23-24H,4,7-12,14-17H2,1-3H3/t20-,21?,23-,24-,26-,27?/m1/s1. The third kappa shape index (κ3) is 3.38. The highest BCUT2D eigenvalue weighted by Crippen LogP contribution is 2.62. The lowest BCUT2D eigenvalue weighted by molar-refractivity contribution is -0.147. The molecule has 2 unspecified atom stereocenters. The van der Waals surface area contributed by atoms with Gasteiger partial charge in [-0.3, -0.25) is 9.69 Å². The summed E-state index contributed by atoms with van der Waals surface area (Å²) in [6, 6.07) is 6.72. The van der Waals surface area contributed by atoms with Crippen LogP contribution in [0.5, 0.6) is 0 Å². The van der Waals surface area contributed by atoms with Crippen LogP contribution in [-0.4, -0.2) is 61.9 Å². The molecular formula is C27H38N2O3. The van der Waals surface area contributed by atoms with Gasteiger partial charge in [-0.25, -0.2) is 0 Å². The third-order valence-corrected chi connectivity index (χ3v) is 9.61. The number of esters is 1. The number of aryl methyl sites for hydroxylation is 2. The molecule has 1 aromatic carbocycles. The van der Waals surface area contributed by atoms with Crippen molar-refractivity contribution in [2.24, 2.45) is 23.2 Å². The minimum atomic E-state index is 0.0366. The molecule has 5 aliphatic rings. The van der Waals surface area contributed by atoms with Gasteiger partial charge in [0.1, 0.15) is 6.10 Å². The molecule has 3 aliphatic heterocycles. The van der Waals surface area contributed by atoms with Crippen LogP contribution < -0.4 is 4.90 Å². The van der Waals surface area contributed by atoms with Crippen molar-refractivity contribution >= 4 is 11.7 Å². The molecular weight excluding hydrogens is 400 g/mol. The Labute approximate surface area is 192 Å². The molecule has 0 radical (unpaired) electrons. The Bertz CT molecular complexity index is 904. The number of ether oxygens (including phenoxy) is 2. The Balaban J connectivity index is 1.12. The first-order chi connectivity index (χ1) is 15.4. The average molecular weight is 439 g/mol. The van der Waals surface area contributed by atoms with Gasteiger partial charge < -0.3 is 14.4 Å². The fourth-order valence-corrected chi connectivity index (χ4v) is 7.68. The molecule has 3 saturated heterocycles. The molecule has 0 aromatic heterocycles. The van der Waals surface area contributed by atoms with Gasteiger partial charge in [0.25, 0.3) is 0 Å². The van der Waals surface area contributed by atoms with Crippen LogP contribution in [0.15, 0.2) is 18.2 Å². The summed E-state index contributed by atoms with van der Waals surface area (Å²) in [7, 11) is 0. The molecule has 6 atom stereocenters. The Morgan fingerprint density at radius 1 is 1.12 bits per heavy atom. The first-order valence-electron chi connectivity index (χ1n) is 12.8. The number of hydrogen-bond donors (Lipinski definition) is 0. The van der Waals surface area contributed by atoms with Crippen LogP contribution in [0.2, 0.25) is 0 Å². The summed E-state index contributed by atoms with van der Waals surface area (Å²) < 4.78 is 12.1. The lowest BCUT2D eigenvalue weighted by Crippen LogP contribution is -2.52. The van der Waals surface area contributed by atoms with E-state index in [1.54, 1.807) is 0 Å². The zero-order valence-corrected chi connectivity index (χ0v) is 19.9. The van der Waals surface area contributed by atoms with E-state index in [1.165, 1.54) is 36.1 Å². The number of hydrogen-bond acceptors (Lipinski definition) is 5. The molecule has 0 bridgehead atoms. The fraction of sp³-hybridized carbons (Fsp3) is 0.741. The normalized spacial score (nSPS) is 41.3. The summed E-state index contributed by atoms with van der Waals surface area (Å²) >= 11 is 0. The lowest BCUT2D eigenvalue weighted by atomic mass is 9.53. The first kappa shape index (κ1) is 21.0. The summed E-state index contributed by atoms with van der Waals surface area (Å²) in [5.74, 6) is 1.07. The third-order valence-electron chi connectivity index (χ3n) is 9.61. The van der Waals surface area contributed by atoms with E-state index in [-0.39, 0.29) is 29.0 Å². The van der Waals surface area contributed by atoms with E-state index in [2.05, 4.69) is 48.8 Å². The summed E-state index contributed by atoms with van der Waals surface area (Å²) in [6.07, 6.45) is 6.00. The summed E-state index contributed by atoms with van der Waals surface area (Å²) in [5.41, 5.74) is 4.44. The number of rotatable bonds is 3. The monoisotopic (exact) mass is 438 g/mol. The molecule has 174 valence electrons. The van der Waals surface area contributed by atoms with E-state index in [0.29, 0.717) is 11.8 Å². The Morgan fingerprint density at radius 2 is 1.91 bits per heavy atom. The Hall–Kier alpha value is -1.59. The predicted octanol–water partition coefficient (Wildman–Crippen LogP) is 3.95. The molecule has 2 saturated carbocycles. The van der Waals surface area contributed by atoms with E-state index in [0.717, 1.165) is 52.2 Å². The van der Waals surface area contributed by atoms with Crippen LogP contribution in [0, 0.1) is 37.0 Å². The number of carbonyl (C=O) groups is 1. The highest BCUT2D eigenvalue weighted by atomic mass is 16.6. The number of benzene rings is 1. The topological polar surface area (TPSA) is 45.3 Å². The average Bonchev–Trinajstić information content (AvgIpc) is 3.47. The van der Waals surface area contributed by atoms with Crippen LogP contribution in [0.1, 0.15) is 50.2 Å². The second kappa shape index (κ2) is 7.46. The number of fused-ring (bicyclic) bond motifs is 3. The molecule has 3 heterocycles. The van der Waals surface area contributed by atoms with E-state index < -0.39 is 0 Å². The van der Waals surface area contributed by atoms with Crippen LogP contribution in [-0.2, 0) is 14.3 Å². The highest BCUT2D eigenvalue weighted by molar-refractivity contribution is 5.75. The van der Waals surface area contributed by atoms with Gasteiger partial charge in [0.05, 0.1) is 18.1 Å². The first-order valence-corrected chi connectivity index (χ1v) is 12.8. The van der Waals surface area contributed by atoms with Gasteiger partial charge in [-0.05, 0) is 74.5 Å². The molecule has 5 heteroatoms. The molecule has 32 heavy (non-hydrogen) atoms. The van der Waals surface area contributed by atoms with Crippen molar-refractivity contribution in [3.8, 4) is 0 Å². The van der Waals surface area contributed by atoms with E-state index >= 15 is 0 Å². The van der Waals surface area contributed by atoms with Gasteiger partial charge in [0, 0.05) is 44.3 Å². The molecule has 6 rings (SSSR count). The van der Waals surface area contributed by atoms with E-state index in [9.17, 15) is 4.79 Å². The maximum Gasteiger partial charge on any atom is 0.310 e. The zero-order chi connectivity index (χ0) is 22.1. The van der Waals surface area contributed by atoms with E-state index in [4.69, 9.17) is 9.47 Å². The van der Waals surface area contributed by atoms with Crippen LogP contribution >= 0.6 is 0 Å². The molecule has 5 fully saturated rings. The number of epoxide rings is 1. The van der Waals surface area contributed by atoms with Crippen molar-refractivity contribution in [3.63, 3.8) is 0 Å². The number of nitrogens with zero attached hydrogens (tertiary/aromatic N) is 2. The van der Waals surface area contributed by atoms with Gasteiger partial charge in [-0.1, -0.05) is 19.1 Å². The van der Waals surface area contributed by atoms with Crippen LogP contribution in [0.3, 0.4) is 0 Å².